The van der Waals surface area contributed by atoms with Gasteiger partial charge >= 0.3 is 30.5 Å². The molecule has 0 aliphatic rings. The Hall–Kier alpha value is -2.74. The highest BCUT2D eigenvalue weighted by Gasteiger charge is 2.49. The fraction of sp³-hybridized carbons (Fsp3) is 0.588. The van der Waals surface area contributed by atoms with E-state index in [9.17, 15) is 53.9 Å². The van der Waals surface area contributed by atoms with Crippen molar-refractivity contribution in [1.29, 1.82) is 0 Å². The molecule has 0 amide bonds. The molecule has 0 aromatic carbocycles. The van der Waals surface area contributed by atoms with E-state index >= 15 is 0 Å². The Morgan fingerprint density at radius 2 is 0.969 bits per heavy atom. The number of rotatable bonds is 3. The average Bonchev–Trinajstić information content (AvgIpc) is 2.52. The first-order valence-corrected chi connectivity index (χ1v) is 6.63. The van der Waals surface area contributed by atoms with Gasteiger partial charge in [0.05, 0.1) is 25.7 Å². The number of carbonyl (C=O) groups is 3. The van der Waals surface area contributed by atoms with E-state index in [2.05, 4.69) is 20.8 Å². The fourth-order valence-electron chi connectivity index (χ4n) is 0.525. The topological polar surface area (TPSA) is 78.9 Å². The SMILES string of the molecule is C.C.C.C=C(C)OC.COC(C)=CC(=O)C(F)(F)F.O=C(OC(=O)C(F)(F)F)C(F)(F)F. The number of esters is 2. The zero-order valence-electron chi connectivity index (χ0n) is 15.1. The highest BCUT2D eigenvalue weighted by atomic mass is 19.4. The van der Waals surface area contributed by atoms with Crippen LogP contribution >= 0.6 is 0 Å². The molecule has 0 aliphatic carbocycles. The standard InChI is InChI=1S/C6H7F3O2.C4F6O3.C4H8O.3CH4/c1-4(11-2)3-5(10)6(7,8)9;5-3(6,7)1(11)13-2(12)4(8,9)10;1-4(2)5-3;;;/h3H,1-2H3;;1H2,2-3H3;3*1H4. The van der Waals surface area contributed by atoms with Crippen molar-refractivity contribution in [1.82, 2.24) is 0 Å². The van der Waals surface area contributed by atoms with Crippen LogP contribution in [-0.4, -0.2) is 50.5 Å². The Labute approximate surface area is 180 Å². The maximum absolute atomic E-state index is 11.5. The van der Waals surface area contributed by atoms with Gasteiger partial charge in [0.15, 0.2) is 0 Å². The number of methoxy groups -OCH3 is 2. The molecule has 0 aromatic rings. The molecule has 194 valence electrons. The summed E-state index contributed by atoms with van der Waals surface area (Å²) in [5.41, 5.74) is 0. The number of halogens is 9. The molecule has 0 bridgehead atoms. The van der Waals surface area contributed by atoms with Crippen LogP contribution in [0, 0.1) is 0 Å². The van der Waals surface area contributed by atoms with E-state index in [1.165, 1.54) is 14.0 Å². The molecular formula is C17H27F9O6. The van der Waals surface area contributed by atoms with E-state index in [4.69, 9.17) is 0 Å². The molecule has 0 radical (unpaired) electrons. The first-order chi connectivity index (χ1) is 12.7. The van der Waals surface area contributed by atoms with E-state index in [1.54, 1.807) is 14.0 Å². The van der Waals surface area contributed by atoms with Crippen LogP contribution in [0.3, 0.4) is 0 Å². The molecule has 0 saturated carbocycles. The lowest BCUT2D eigenvalue weighted by molar-refractivity contribution is -0.221. The maximum Gasteiger partial charge on any atom is 0.491 e. The molecular weight excluding hydrogens is 471 g/mol. The Morgan fingerprint density at radius 1 is 0.688 bits per heavy atom. The quantitative estimate of drug-likeness (QED) is 0.158. The minimum absolute atomic E-state index is 0. The summed E-state index contributed by atoms with van der Waals surface area (Å²) in [5, 5.41) is 0. The second kappa shape index (κ2) is 17.9. The predicted octanol–water partition coefficient (Wildman–Crippen LogP) is 5.92. The number of alkyl halides is 9. The normalized spacial score (nSPS) is 10.6. The van der Waals surface area contributed by atoms with Gasteiger partial charge < -0.3 is 14.2 Å². The fourth-order valence-corrected chi connectivity index (χ4v) is 0.525. The van der Waals surface area contributed by atoms with Crippen molar-refractivity contribution in [2.75, 3.05) is 14.2 Å². The minimum atomic E-state index is -5.62. The third kappa shape index (κ3) is 25.3. The van der Waals surface area contributed by atoms with Gasteiger partial charge in [-0.15, -0.1) is 0 Å². The molecule has 0 rings (SSSR count). The minimum Gasteiger partial charge on any atom is -0.502 e. The van der Waals surface area contributed by atoms with Crippen LogP contribution in [0.4, 0.5) is 39.5 Å². The van der Waals surface area contributed by atoms with Crippen LogP contribution < -0.4 is 0 Å². The van der Waals surface area contributed by atoms with Gasteiger partial charge in [0.2, 0.25) is 0 Å². The molecule has 15 heteroatoms. The van der Waals surface area contributed by atoms with Crippen molar-refractivity contribution in [2.24, 2.45) is 0 Å². The maximum atomic E-state index is 11.5. The van der Waals surface area contributed by atoms with Crippen molar-refractivity contribution in [3.05, 3.63) is 24.2 Å². The summed E-state index contributed by atoms with van der Waals surface area (Å²) in [7, 11) is 2.79. The Balaban J connectivity index is -0.0000000816. The second-order valence-corrected chi connectivity index (χ2v) is 4.40. The molecule has 0 spiro atoms. The smallest absolute Gasteiger partial charge is 0.491 e. The van der Waals surface area contributed by atoms with Crippen molar-refractivity contribution < 1.29 is 68.1 Å². The molecule has 0 heterocycles. The van der Waals surface area contributed by atoms with Crippen molar-refractivity contribution in [3.63, 3.8) is 0 Å². The highest BCUT2D eigenvalue weighted by molar-refractivity contribution is 5.94. The third-order valence-electron chi connectivity index (χ3n) is 1.93. The van der Waals surface area contributed by atoms with Crippen LogP contribution in [-0.2, 0) is 28.6 Å². The van der Waals surface area contributed by atoms with Crippen LogP contribution in [0.1, 0.15) is 36.1 Å². The van der Waals surface area contributed by atoms with Gasteiger partial charge in [0.25, 0.3) is 5.78 Å². The molecule has 0 unspecified atom stereocenters. The summed E-state index contributed by atoms with van der Waals surface area (Å²) in [5.74, 6) is -7.61. The lowest BCUT2D eigenvalue weighted by atomic mass is 10.3. The molecule has 0 saturated heterocycles. The van der Waals surface area contributed by atoms with Gasteiger partial charge in [0.1, 0.15) is 0 Å². The number of ether oxygens (including phenoxy) is 3. The van der Waals surface area contributed by atoms with Crippen molar-refractivity contribution in [3.8, 4) is 0 Å². The zero-order chi connectivity index (χ0) is 24.2. The summed E-state index contributed by atoms with van der Waals surface area (Å²) < 4.78 is 113. The van der Waals surface area contributed by atoms with Gasteiger partial charge in [-0.25, -0.2) is 9.59 Å². The Bertz CT molecular complexity index is 579. The molecule has 0 N–H and O–H groups in total. The van der Waals surface area contributed by atoms with Gasteiger partial charge in [-0.2, -0.15) is 39.5 Å². The molecule has 32 heavy (non-hydrogen) atoms. The van der Waals surface area contributed by atoms with Crippen LogP contribution in [0.15, 0.2) is 24.2 Å². The van der Waals surface area contributed by atoms with Gasteiger partial charge in [0, 0.05) is 6.08 Å². The number of ketones is 1. The predicted molar refractivity (Wildman–Crippen MR) is 97.1 cm³/mol. The van der Waals surface area contributed by atoms with Crippen molar-refractivity contribution >= 4 is 17.7 Å². The molecule has 0 aliphatic heterocycles. The summed E-state index contributed by atoms with van der Waals surface area (Å²) in [6.07, 6.45) is -15.7. The number of hydrogen-bond acceptors (Lipinski definition) is 6. The van der Waals surface area contributed by atoms with Crippen LogP contribution in [0.25, 0.3) is 0 Å². The lowest BCUT2D eigenvalue weighted by Gasteiger charge is -2.06. The first-order valence-electron chi connectivity index (χ1n) is 6.63. The second-order valence-electron chi connectivity index (χ2n) is 4.40. The number of allylic oxidation sites excluding steroid dienone is 3. The van der Waals surface area contributed by atoms with E-state index in [0.29, 0.717) is 6.08 Å². The zero-order valence-corrected chi connectivity index (χ0v) is 15.1. The van der Waals surface area contributed by atoms with Crippen molar-refractivity contribution in [2.45, 2.75) is 54.7 Å². The van der Waals surface area contributed by atoms with Gasteiger partial charge in [-0.1, -0.05) is 28.9 Å². The first kappa shape index (κ1) is 43.2. The monoisotopic (exact) mass is 498 g/mol. The summed E-state index contributed by atoms with van der Waals surface area (Å²) in [6.45, 7) is 6.52. The van der Waals surface area contributed by atoms with E-state index in [1.807, 2.05) is 0 Å². The average molecular weight is 498 g/mol. The molecule has 0 atom stereocenters. The van der Waals surface area contributed by atoms with Crippen LogP contribution in [0.2, 0.25) is 0 Å². The van der Waals surface area contributed by atoms with E-state index in [0.717, 1.165) is 5.76 Å². The Kier molecular flexibility index (Phi) is 24.1. The van der Waals surface area contributed by atoms with E-state index < -0.39 is 36.3 Å². The Morgan fingerprint density at radius 3 is 1.12 bits per heavy atom. The lowest BCUT2D eigenvalue weighted by Crippen LogP contribution is -2.34. The number of hydrogen-bond donors (Lipinski definition) is 0. The van der Waals surface area contributed by atoms with Gasteiger partial charge in [-0.3, -0.25) is 4.79 Å². The summed E-state index contributed by atoms with van der Waals surface area (Å²) >= 11 is 0. The molecule has 0 fully saturated rings. The molecule has 6 nitrogen and oxygen atoms in total. The third-order valence-corrected chi connectivity index (χ3v) is 1.93. The highest BCUT2D eigenvalue weighted by Crippen LogP contribution is 2.21. The van der Waals surface area contributed by atoms with Crippen LogP contribution in [0.5, 0.6) is 0 Å². The number of carbonyl (C=O) groups excluding carboxylic acids is 3. The molecule has 0 aromatic heterocycles. The largest absolute Gasteiger partial charge is 0.502 e. The summed E-state index contributed by atoms with van der Waals surface area (Å²) in [4.78, 5) is 29.5. The van der Waals surface area contributed by atoms with E-state index in [-0.39, 0.29) is 28.0 Å². The van der Waals surface area contributed by atoms with Gasteiger partial charge in [-0.05, 0) is 13.8 Å². The summed E-state index contributed by atoms with van der Waals surface area (Å²) in [6, 6.07) is 0.